The summed E-state index contributed by atoms with van der Waals surface area (Å²) in [6, 6.07) is 16.0. The largest absolute Gasteiger partial charge is 0.389 e. The van der Waals surface area contributed by atoms with Gasteiger partial charge >= 0.3 is 0 Å². The Bertz CT molecular complexity index is 670. The van der Waals surface area contributed by atoms with Crippen molar-refractivity contribution in [3.8, 4) is 6.07 Å². The Balaban J connectivity index is 1.87. The summed E-state index contributed by atoms with van der Waals surface area (Å²) in [6.07, 6.45) is -0.737. The number of likely N-dealkylation sites (N-methyl/N-ethyl adjacent to an activating group) is 1. The third-order valence-corrected chi connectivity index (χ3v) is 3.42. The lowest BCUT2D eigenvalue weighted by atomic mass is 10.1. The van der Waals surface area contributed by atoms with Gasteiger partial charge in [0.25, 0.3) is 0 Å². The number of nitrogens with zero attached hydrogens (tertiary/aromatic N) is 2. The van der Waals surface area contributed by atoms with Crippen LogP contribution in [0.1, 0.15) is 11.1 Å². The van der Waals surface area contributed by atoms with Crippen LogP contribution in [0, 0.1) is 17.1 Å². The molecule has 0 bridgehead atoms. The van der Waals surface area contributed by atoms with E-state index in [4.69, 9.17) is 10.00 Å². The van der Waals surface area contributed by atoms with E-state index in [1.807, 2.05) is 36.4 Å². The highest BCUT2D eigenvalue weighted by Gasteiger charge is 2.15. The molecule has 0 radical (unpaired) electrons. The molecule has 2 rings (SSSR count). The van der Waals surface area contributed by atoms with Gasteiger partial charge in [0.05, 0.1) is 25.0 Å². The van der Waals surface area contributed by atoms with Gasteiger partial charge < -0.3 is 14.7 Å². The van der Waals surface area contributed by atoms with Crippen LogP contribution in [0.2, 0.25) is 0 Å². The Kier molecular flexibility index (Phi) is 6.10. The topological polar surface area (TPSA) is 56.5 Å². The molecule has 0 fully saturated rings. The van der Waals surface area contributed by atoms with Crippen molar-refractivity contribution < 1.29 is 14.2 Å². The predicted octanol–water partition coefficient (Wildman–Crippen LogP) is 2.71. The molecular weight excluding hydrogens is 295 g/mol. The molecule has 0 aliphatic rings. The SMILES string of the molecule is CN(CC(O)COCc1ccccc1)c1cccc(F)c1C#N. The van der Waals surface area contributed by atoms with Crippen LogP contribution in [0.25, 0.3) is 0 Å². The lowest BCUT2D eigenvalue weighted by Crippen LogP contribution is -2.32. The number of nitriles is 1. The zero-order chi connectivity index (χ0) is 16.7. The molecule has 0 aliphatic carbocycles. The molecule has 0 saturated heterocycles. The van der Waals surface area contributed by atoms with E-state index in [1.165, 1.54) is 6.07 Å². The molecule has 2 aromatic rings. The third-order valence-electron chi connectivity index (χ3n) is 3.42. The van der Waals surface area contributed by atoms with Gasteiger partial charge in [-0.25, -0.2) is 4.39 Å². The number of rotatable bonds is 7. The molecule has 120 valence electrons. The number of aliphatic hydroxyl groups is 1. The minimum absolute atomic E-state index is 0.0209. The second-order valence-corrected chi connectivity index (χ2v) is 5.28. The van der Waals surface area contributed by atoms with Crippen molar-refractivity contribution in [1.82, 2.24) is 0 Å². The van der Waals surface area contributed by atoms with Crippen molar-refractivity contribution in [3.05, 3.63) is 65.5 Å². The molecule has 2 aromatic carbocycles. The zero-order valence-corrected chi connectivity index (χ0v) is 12.9. The minimum Gasteiger partial charge on any atom is -0.389 e. The second-order valence-electron chi connectivity index (χ2n) is 5.28. The molecule has 5 heteroatoms. The third kappa shape index (κ3) is 4.78. The first-order valence-electron chi connectivity index (χ1n) is 7.31. The van der Waals surface area contributed by atoms with E-state index in [9.17, 15) is 9.50 Å². The van der Waals surface area contributed by atoms with E-state index in [2.05, 4.69) is 0 Å². The molecule has 1 unspecified atom stereocenters. The number of aliphatic hydroxyl groups excluding tert-OH is 1. The first-order valence-corrected chi connectivity index (χ1v) is 7.31. The molecule has 4 nitrogen and oxygen atoms in total. The number of hydrogen-bond donors (Lipinski definition) is 1. The number of ether oxygens (including phenoxy) is 1. The van der Waals surface area contributed by atoms with Gasteiger partial charge in [0, 0.05) is 13.6 Å². The van der Waals surface area contributed by atoms with E-state index in [-0.39, 0.29) is 18.7 Å². The predicted molar refractivity (Wildman–Crippen MR) is 86.5 cm³/mol. The summed E-state index contributed by atoms with van der Waals surface area (Å²) >= 11 is 0. The van der Waals surface area contributed by atoms with Crippen molar-refractivity contribution in [2.75, 3.05) is 25.1 Å². The molecular formula is C18H19FN2O2. The van der Waals surface area contributed by atoms with Crippen LogP contribution in [-0.4, -0.2) is 31.4 Å². The minimum atomic E-state index is -0.737. The lowest BCUT2D eigenvalue weighted by Gasteiger charge is -2.23. The van der Waals surface area contributed by atoms with Crippen LogP contribution in [0.15, 0.2) is 48.5 Å². The van der Waals surface area contributed by atoms with E-state index >= 15 is 0 Å². The van der Waals surface area contributed by atoms with Crippen LogP contribution in [-0.2, 0) is 11.3 Å². The standard InChI is InChI=1S/C18H19FN2O2/c1-21(18-9-5-8-17(19)16(18)10-20)11-15(22)13-23-12-14-6-3-2-4-7-14/h2-9,15,22H,11-13H2,1H3. The number of benzene rings is 2. The van der Waals surface area contributed by atoms with E-state index in [0.29, 0.717) is 12.3 Å². The average molecular weight is 314 g/mol. The Morgan fingerprint density at radius 3 is 2.65 bits per heavy atom. The highest BCUT2D eigenvalue weighted by Crippen LogP contribution is 2.21. The maximum Gasteiger partial charge on any atom is 0.143 e. The maximum absolute atomic E-state index is 13.6. The summed E-state index contributed by atoms with van der Waals surface area (Å²) in [7, 11) is 1.70. The Morgan fingerprint density at radius 1 is 1.22 bits per heavy atom. The van der Waals surface area contributed by atoms with Crippen LogP contribution in [0.5, 0.6) is 0 Å². The monoisotopic (exact) mass is 314 g/mol. The van der Waals surface area contributed by atoms with Crippen molar-refractivity contribution in [2.45, 2.75) is 12.7 Å². The highest BCUT2D eigenvalue weighted by molar-refractivity contribution is 5.59. The van der Waals surface area contributed by atoms with Gasteiger partial charge in [0.1, 0.15) is 17.4 Å². The average Bonchev–Trinajstić information content (AvgIpc) is 2.55. The number of anilines is 1. The van der Waals surface area contributed by atoms with E-state index in [1.54, 1.807) is 24.1 Å². The number of hydrogen-bond acceptors (Lipinski definition) is 4. The molecule has 0 aromatic heterocycles. The van der Waals surface area contributed by atoms with Gasteiger partial charge in [0.15, 0.2) is 0 Å². The Labute approximate surface area is 135 Å². The molecule has 0 saturated carbocycles. The van der Waals surface area contributed by atoms with Crippen molar-refractivity contribution in [2.24, 2.45) is 0 Å². The molecule has 0 amide bonds. The first kappa shape index (κ1) is 16.9. The van der Waals surface area contributed by atoms with Gasteiger partial charge in [-0.05, 0) is 17.7 Å². The van der Waals surface area contributed by atoms with Crippen molar-refractivity contribution in [1.29, 1.82) is 5.26 Å². The van der Waals surface area contributed by atoms with Gasteiger partial charge in [-0.1, -0.05) is 36.4 Å². The first-order chi connectivity index (χ1) is 11.1. The summed E-state index contributed by atoms with van der Waals surface area (Å²) in [5.74, 6) is -0.563. The summed E-state index contributed by atoms with van der Waals surface area (Å²) in [5.41, 5.74) is 1.46. The Morgan fingerprint density at radius 2 is 1.96 bits per heavy atom. The van der Waals surface area contributed by atoms with Gasteiger partial charge in [-0.3, -0.25) is 0 Å². The summed E-state index contributed by atoms with van der Waals surface area (Å²) in [6.45, 7) is 0.828. The molecule has 1 atom stereocenters. The van der Waals surface area contributed by atoms with Crippen LogP contribution in [0.3, 0.4) is 0 Å². The fourth-order valence-corrected chi connectivity index (χ4v) is 2.30. The van der Waals surface area contributed by atoms with Crippen molar-refractivity contribution >= 4 is 5.69 Å². The molecule has 23 heavy (non-hydrogen) atoms. The summed E-state index contributed by atoms with van der Waals surface area (Å²) in [5, 5.41) is 19.1. The quantitative estimate of drug-likeness (QED) is 0.854. The molecule has 0 aliphatic heterocycles. The molecule has 0 spiro atoms. The fourth-order valence-electron chi connectivity index (χ4n) is 2.30. The van der Waals surface area contributed by atoms with Crippen molar-refractivity contribution in [3.63, 3.8) is 0 Å². The van der Waals surface area contributed by atoms with E-state index in [0.717, 1.165) is 5.56 Å². The van der Waals surface area contributed by atoms with E-state index < -0.39 is 11.9 Å². The fraction of sp³-hybridized carbons (Fsp3) is 0.278. The van der Waals surface area contributed by atoms with Gasteiger partial charge in [-0.15, -0.1) is 0 Å². The zero-order valence-electron chi connectivity index (χ0n) is 12.9. The molecule has 1 N–H and O–H groups in total. The molecule has 0 heterocycles. The highest BCUT2D eigenvalue weighted by atomic mass is 19.1. The second kappa shape index (κ2) is 8.28. The lowest BCUT2D eigenvalue weighted by molar-refractivity contribution is 0.0324. The van der Waals surface area contributed by atoms with Gasteiger partial charge in [-0.2, -0.15) is 5.26 Å². The normalized spacial score (nSPS) is 11.7. The van der Waals surface area contributed by atoms with Crippen LogP contribution < -0.4 is 4.90 Å². The smallest absolute Gasteiger partial charge is 0.143 e. The van der Waals surface area contributed by atoms with Crippen LogP contribution in [0.4, 0.5) is 10.1 Å². The maximum atomic E-state index is 13.6. The Hall–Kier alpha value is -2.42. The summed E-state index contributed by atoms with van der Waals surface area (Å²) < 4.78 is 19.1. The van der Waals surface area contributed by atoms with Crippen LogP contribution >= 0.6 is 0 Å². The van der Waals surface area contributed by atoms with Gasteiger partial charge in [0.2, 0.25) is 0 Å². The summed E-state index contributed by atoms with van der Waals surface area (Å²) in [4.78, 5) is 1.65. The number of halogens is 1.